The van der Waals surface area contributed by atoms with Crippen molar-refractivity contribution < 1.29 is 0 Å². The fourth-order valence-electron chi connectivity index (χ4n) is 2.41. The predicted octanol–water partition coefficient (Wildman–Crippen LogP) is 3.63. The van der Waals surface area contributed by atoms with E-state index < -0.39 is 0 Å². The van der Waals surface area contributed by atoms with Gasteiger partial charge < -0.3 is 0 Å². The molecular formula is C13H16BrN3. The second kappa shape index (κ2) is 4.09. The first-order valence-electron chi connectivity index (χ1n) is 6.25. The maximum atomic E-state index is 4.65. The van der Waals surface area contributed by atoms with E-state index in [0.717, 1.165) is 22.5 Å². The molecule has 0 bridgehead atoms. The summed E-state index contributed by atoms with van der Waals surface area (Å²) in [5.74, 6) is 1.61. The highest BCUT2D eigenvalue weighted by atomic mass is 79.9. The number of pyridine rings is 1. The lowest BCUT2D eigenvalue weighted by atomic mass is 9.85. The fourth-order valence-corrected chi connectivity index (χ4v) is 3.27. The first-order chi connectivity index (χ1) is 8.20. The van der Waals surface area contributed by atoms with E-state index in [1.54, 1.807) is 0 Å². The molecule has 0 aromatic carbocycles. The zero-order valence-electron chi connectivity index (χ0n) is 10.2. The Morgan fingerprint density at radius 1 is 1.47 bits per heavy atom. The monoisotopic (exact) mass is 293 g/mol. The van der Waals surface area contributed by atoms with Crippen LogP contribution in [0.2, 0.25) is 0 Å². The average molecular weight is 294 g/mol. The van der Waals surface area contributed by atoms with Gasteiger partial charge in [0, 0.05) is 5.92 Å². The SMILES string of the molecule is CCc1c(C)cc2nc(C3CCC3)nn2c1Br. The van der Waals surface area contributed by atoms with Crippen LogP contribution < -0.4 is 0 Å². The Morgan fingerprint density at radius 3 is 2.82 bits per heavy atom. The van der Waals surface area contributed by atoms with Crippen LogP contribution in [0.4, 0.5) is 0 Å². The molecule has 0 amide bonds. The minimum absolute atomic E-state index is 0.590. The molecule has 0 radical (unpaired) electrons. The lowest BCUT2D eigenvalue weighted by molar-refractivity contribution is 0.401. The second-order valence-corrected chi connectivity index (χ2v) is 5.57. The topological polar surface area (TPSA) is 30.2 Å². The van der Waals surface area contributed by atoms with E-state index in [2.05, 4.69) is 45.9 Å². The highest BCUT2D eigenvalue weighted by Crippen LogP contribution is 2.35. The minimum Gasteiger partial charge on any atom is -0.212 e. The molecule has 3 nitrogen and oxygen atoms in total. The summed E-state index contributed by atoms with van der Waals surface area (Å²) in [6.07, 6.45) is 4.82. The summed E-state index contributed by atoms with van der Waals surface area (Å²) in [6.45, 7) is 4.31. The van der Waals surface area contributed by atoms with Crippen LogP contribution in [0, 0.1) is 6.92 Å². The van der Waals surface area contributed by atoms with Gasteiger partial charge in [0.2, 0.25) is 0 Å². The lowest BCUT2D eigenvalue weighted by Crippen LogP contribution is -2.10. The minimum atomic E-state index is 0.590. The Balaban J connectivity index is 2.17. The summed E-state index contributed by atoms with van der Waals surface area (Å²) in [7, 11) is 0. The van der Waals surface area contributed by atoms with Crippen LogP contribution in [-0.4, -0.2) is 14.6 Å². The molecule has 1 aliphatic rings. The molecule has 2 aromatic rings. The zero-order valence-corrected chi connectivity index (χ0v) is 11.8. The summed E-state index contributed by atoms with van der Waals surface area (Å²) in [4.78, 5) is 4.65. The van der Waals surface area contributed by atoms with Crippen molar-refractivity contribution in [1.82, 2.24) is 14.6 Å². The van der Waals surface area contributed by atoms with E-state index in [4.69, 9.17) is 0 Å². The van der Waals surface area contributed by atoms with Crippen LogP contribution in [0.3, 0.4) is 0 Å². The van der Waals surface area contributed by atoms with Crippen molar-refractivity contribution in [3.8, 4) is 0 Å². The van der Waals surface area contributed by atoms with Crippen molar-refractivity contribution in [3.05, 3.63) is 27.6 Å². The quantitative estimate of drug-likeness (QED) is 0.792. The van der Waals surface area contributed by atoms with Gasteiger partial charge in [-0.25, -0.2) is 9.50 Å². The predicted molar refractivity (Wildman–Crippen MR) is 71.4 cm³/mol. The molecule has 1 aliphatic carbocycles. The number of rotatable bonds is 2. The van der Waals surface area contributed by atoms with Crippen LogP contribution in [0.25, 0.3) is 5.65 Å². The molecule has 0 atom stereocenters. The van der Waals surface area contributed by atoms with Gasteiger partial charge in [0.15, 0.2) is 11.5 Å². The van der Waals surface area contributed by atoms with Crippen LogP contribution >= 0.6 is 15.9 Å². The Hall–Kier alpha value is -0.900. The van der Waals surface area contributed by atoms with Crippen molar-refractivity contribution in [2.75, 3.05) is 0 Å². The number of nitrogens with zero attached hydrogens (tertiary/aromatic N) is 3. The largest absolute Gasteiger partial charge is 0.212 e. The molecule has 1 fully saturated rings. The number of aromatic nitrogens is 3. The summed E-state index contributed by atoms with van der Waals surface area (Å²) in [6, 6.07) is 2.14. The summed E-state index contributed by atoms with van der Waals surface area (Å²) in [5.41, 5.74) is 3.58. The molecule has 0 aliphatic heterocycles. The van der Waals surface area contributed by atoms with Crippen molar-refractivity contribution in [3.63, 3.8) is 0 Å². The van der Waals surface area contributed by atoms with Crippen molar-refractivity contribution in [1.29, 1.82) is 0 Å². The fraction of sp³-hybridized carbons (Fsp3) is 0.538. The van der Waals surface area contributed by atoms with Gasteiger partial charge in [-0.3, -0.25) is 0 Å². The molecule has 1 saturated carbocycles. The molecule has 0 spiro atoms. The Morgan fingerprint density at radius 2 is 2.24 bits per heavy atom. The number of hydrogen-bond donors (Lipinski definition) is 0. The molecule has 0 unspecified atom stereocenters. The van der Waals surface area contributed by atoms with Crippen LogP contribution in [0.1, 0.15) is 49.1 Å². The molecular weight excluding hydrogens is 278 g/mol. The average Bonchev–Trinajstić information content (AvgIpc) is 2.59. The van der Waals surface area contributed by atoms with Gasteiger partial charge in [-0.2, -0.15) is 0 Å². The number of halogens is 1. The van der Waals surface area contributed by atoms with Gasteiger partial charge >= 0.3 is 0 Å². The van der Waals surface area contributed by atoms with Gasteiger partial charge in [0.25, 0.3) is 0 Å². The van der Waals surface area contributed by atoms with Crippen molar-refractivity contribution >= 4 is 21.6 Å². The van der Waals surface area contributed by atoms with Crippen LogP contribution in [-0.2, 0) is 6.42 Å². The summed E-state index contributed by atoms with van der Waals surface area (Å²) in [5, 5.41) is 4.64. The van der Waals surface area contributed by atoms with E-state index in [1.807, 2.05) is 4.52 Å². The van der Waals surface area contributed by atoms with Gasteiger partial charge in [0.05, 0.1) is 0 Å². The van der Waals surface area contributed by atoms with E-state index in [-0.39, 0.29) is 0 Å². The molecule has 0 N–H and O–H groups in total. The molecule has 17 heavy (non-hydrogen) atoms. The standard InChI is InChI=1S/C13H16BrN3/c1-3-10-8(2)7-11-15-13(9-5-4-6-9)16-17(11)12(10)14/h7,9H,3-6H2,1-2H3. The molecule has 4 heteroatoms. The van der Waals surface area contributed by atoms with Crippen molar-refractivity contribution in [2.45, 2.75) is 45.4 Å². The molecule has 90 valence electrons. The molecule has 2 heterocycles. The zero-order chi connectivity index (χ0) is 12.0. The van der Waals surface area contributed by atoms with E-state index in [1.165, 1.54) is 30.4 Å². The van der Waals surface area contributed by atoms with Gasteiger partial charge in [0.1, 0.15) is 4.60 Å². The van der Waals surface area contributed by atoms with Gasteiger partial charge in [-0.15, -0.1) is 5.10 Å². The van der Waals surface area contributed by atoms with E-state index in [9.17, 15) is 0 Å². The first-order valence-corrected chi connectivity index (χ1v) is 7.04. The number of aryl methyl sites for hydroxylation is 1. The number of fused-ring (bicyclic) bond motifs is 1. The maximum Gasteiger partial charge on any atom is 0.157 e. The molecule has 2 aromatic heterocycles. The van der Waals surface area contributed by atoms with Crippen LogP contribution in [0.5, 0.6) is 0 Å². The number of hydrogen-bond acceptors (Lipinski definition) is 2. The smallest absolute Gasteiger partial charge is 0.157 e. The van der Waals surface area contributed by atoms with E-state index in [0.29, 0.717) is 5.92 Å². The molecule has 0 saturated heterocycles. The second-order valence-electron chi connectivity index (χ2n) is 4.82. The summed E-state index contributed by atoms with van der Waals surface area (Å²) < 4.78 is 3.01. The third-order valence-corrected chi connectivity index (χ3v) is 4.54. The van der Waals surface area contributed by atoms with E-state index >= 15 is 0 Å². The highest BCUT2D eigenvalue weighted by molar-refractivity contribution is 9.10. The third-order valence-electron chi connectivity index (χ3n) is 3.73. The lowest BCUT2D eigenvalue weighted by Gasteiger charge is -2.21. The first kappa shape index (κ1) is 11.2. The van der Waals surface area contributed by atoms with Crippen molar-refractivity contribution in [2.24, 2.45) is 0 Å². The Bertz CT molecular complexity index is 570. The highest BCUT2D eigenvalue weighted by Gasteiger charge is 2.24. The summed E-state index contributed by atoms with van der Waals surface area (Å²) >= 11 is 3.66. The Labute approximate surface area is 109 Å². The van der Waals surface area contributed by atoms with Gasteiger partial charge in [-0.1, -0.05) is 13.3 Å². The molecule has 3 rings (SSSR count). The van der Waals surface area contributed by atoms with Gasteiger partial charge in [-0.05, 0) is 59.3 Å². The normalized spacial score (nSPS) is 16.4. The maximum absolute atomic E-state index is 4.65. The van der Waals surface area contributed by atoms with Crippen LogP contribution in [0.15, 0.2) is 10.7 Å². The third kappa shape index (κ3) is 1.69. The Kier molecular flexibility index (Phi) is 2.69.